The molecule has 6 heteroatoms. The van der Waals surface area contributed by atoms with Crippen LogP contribution in [0.1, 0.15) is 37.8 Å². The lowest BCUT2D eigenvalue weighted by Crippen LogP contribution is -2.51. The van der Waals surface area contributed by atoms with Crippen molar-refractivity contribution in [2.75, 3.05) is 31.5 Å². The van der Waals surface area contributed by atoms with Gasteiger partial charge in [0.25, 0.3) is 0 Å². The van der Waals surface area contributed by atoms with Gasteiger partial charge in [0.15, 0.2) is 0 Å². The van der Waals surface area contributed by atoms with Crippen molar-refractivity contribution in [1.29, 1.82) is 0 Å². The standard InChI is InChI=1S/C20H29N3O3/c1-14(2)12-19(25)22-8-10-23(11-9-22)20(26)13-18(24)21-17-7-5-6-15(3)16(17)4/h5-7,14H,8-13H2,1-4H3,(H,21,24). The van der Waals surface area contributed by atoms with E-state index >= 15 is 0 Å². The van der Waals surface area contributed by atoms with Crippen LogP contribution in [0, 0.1) is 19.8 Å². The summed E-state index contributed by atoms with van der Waals surface area (Å²) >= 11 is 0. The smallest absolute Gasteiger partial charge is 0.233 e. The van der Waals surface area contributed by atoms with Gasteiger partial charge < -0.3 is 15.1 Å². The third kappa shape index (κ3) is 5.31. The molecule has 0 aliphatic carbocycles. The van der Waals surface area contributed by atoms with Gasteiger partial charge in [-0.25, -0.2) is 0 Å². The predicted octanol–water partition coefficient (Wildman–Crippen LogP) is 2.35. The molecule has 1 aliphatic rings. The lowest BCUT2D eigenvalue weighted by atomic mass is 10.1. The summed E-state index contributed by atoms with van der Waals surface area (Å²) in [5, 5.41) is 2.82. The van der Waals surface area contributed by atoms with Crippen LogP contribution in [-0.4, -0.2) is 53.7 Å². The third-order valence-corrected chi connectivity index (χ3v) is 4.76. The highest BCUT2D eigenvalue weighted by molar-refractivity contribution is 6.04. The second-order valence-corrected chi connectivity index (χ2v) is 7.33. The Morgan fingerprint density at radius 2 is 1.58 bits per heavy atom. The summed E-state index contributed by atoms with van der Waals surface area (Å²) in [5.74, 6) is -0.0264. The average molecular weight is 359 g/mol. The highest BCUT2D eigenvalue weighted by atomic mass is 16.2. The molecule has 0 atom stereocenters. The van der Waals surface area contributed by atoms with Crippen LogP contribution in [-0.2, 0) is 14.4 Å². The highest BCUT2D eigenvalue weighted by Crippen LogP contribution is 2.18. The van der Waals surface area contributed by atoms with Crippen molar-refractivity contribution < 1.29 is 14.4 Å². The normalized spacial score (nSPS) is 14.5. The summed E-state index contributed by atoms with van der Waals surface area (Å²) in [7, 11) is 0. The van der Waals surface area contributed by atoms with E-state index in [2.05, 4.69) is 5.32 Å². The number of nitrogens with zero attached hydrogens (tertiary/aromatic N) is 2. The van der Waals surface area contributed by atoms with Crippen LogP contribution in [0.2, 0.25) is 0 Å². The molecule has 0 saturated carbocycles. The zero-order valence-electron chi connectivity index (χ0n) is 16.2. The van der Waals surface area contributed by atoms with Gasteiger partial charge in [-0.2, -0.15) is 0 Å². The Labute approximate surface area is 155 Å². The number of carbonyl (C=O) groups is 3. The SMILES string of the molecule is Cc1cccc(NC(=O)CC(=O)N2CCN(C(=O)CC(C)C)CC2)c1C. The molecule has 6 nitrogen and oxygen atoms in total. The number of amides is 3. The topological polar surface area (TPSA) is 69.7 Å². The molecule has 26 heavy (non-hydrogen) atoms. The molecular weight excluding hydrogens is 330 g/mol. The van der Waals surface area contributed by atoms with Gasteiger partial charge in [-0.3, -0.25) is 14.4 Å². The van der Waals surface area contributed by atoms with E-state index in [9.17, 15) is 14.4 Å². The van der Waals surface area contributed by atoms with E-state index in [0.29, 0.717) is 38.5 Å². The molecule has 0 spiro atoms. The number of piperazine rings is 1. The monoisotopic (exact) mass is 359 g/mol. The molecule has 3 amide bonds. The van der Waals surface area contributed by atoms with Gasteiger partial charge >= 0.3 is 0 Å². The maximum atomic E-state index is 12.4. The summed E-state index contributed by atoms with van der Waals surface area (Å²) < 4.78 is 0. The Hall–Kier alpha value is -2.37. The molecule has 1 N–H and O–H groups in total. The fourth-order valence-electron chi connectivity index (χ4n) is 3.01. The van der Waals surface area contributed by atoms with Crippen molar-refractivity contribution in [1.82, 2.24) is 9.80 Å². The van der Waals surface area contributed by atoms with Gasteiger partial charge in [0.2, 0.25) is 17.7 Å². The molecule has 1 heterocycles. The minimum Gasteiger partial charge on any atom is -0.339 e. The number of hydrogen-bond donors (Lipinski definition) is 1. The van der Waals surface area contributed by atoms with E-state index in [4.69, 9.17) is 0 Å². The largest absolute Gasteiger partial charge is 0.339 e. The van der Waals surface area contributed by atoms with Crippen LogP contribution < -0.4 is 5.32 Å². The van der Waals surface area contributed by atoms with E-state index in [1.807, 2.05) is 45.9 Å². The van der Waals surface area contributed by atoms with Crippen molar-refractivity contribution in [2.45, 2.75) is 40.5 Å². The first-order chi connectivity index (χ1) is 12.3. The van der Waals surface area contributed by atoms with Gasteiger partial charge in [0, 0.05) is 38.3 Å². The van der Waals surface area contributed by atoms with Crippen LogP contribution >= 0.6 is 0 Å². The number of aryl methyl sites for hydroxylation is 1. The first-order valence-electron chi connectivity index (χ1n) is 9.19. The lowest BCUT2D eigenvalue weighted by molar-refractivity contribution is -0.141. The van der Waals surface area contributed by atoms with Gasteiger partial charge in [0.1, 0.15) is 6.42 Å². The molecule has 0 unspecified atom stereocenters. The lowest BCUT2D eigenvalue weighted by Gasteiger charge is -2.35. The van der Waals surface area contributed by atoms with E-state index in [0.717, 1.165) is 16.8 Å². The summed E-state index contributed by atoms with van der Waals surface area (Å²) in [5.41, 5.74) is 2.84. The molecule has 0 radical (unpaired) electrons. The Bertz CT molecular complexity index is 677. The predicted molar refractivity (Wildman–Crippen MR) is 102 cm³/mol. The zero-order valence-corrected chi connectivity index (χ0v) is 16.2. The maximum Gasteiger partial charge on any atom is 0.233 e. The molecular formula is C20H29N3O3. The van der Waals surface area contributed by atoms with Gasteiger partial charge in [-0.1, -0.05) is 26.0 Å². The van der Waals surface area contributed by atoms with Crippen molar-refractivity contribution in [3.63, 3.8) is 0 Å². The number of nitrogens with one attached hydrogen (secondary N) is 1. The van der Waals surface area contributed by atoms with Crippen molar-refractivity contribution >= 4 is 23.4 Å². The average Bonchev–Trinajstić information content (AvgIpc) is 2.58. The van der Waals surface area contributed by atoms with Crippen molar-refractivity contribution in [3.8, 4) is 0 Å². The number of anilines is 1. The van der Waals surface area contributed by atoms with Crippen molar-refractivity contribution in [3.05, 3.63) is 29.3 Å². The number of rotatable bonds is 5. The van der Waals surface area contributed by atoms with Crippen LogP contribution in [0.4, 0.5) is 5.69 Å². The Balaban J connectivity index is 1.82. The molecule has 1 fully saturated rings. The van der Waals surface area contributed by atoms with Gasteiger partial charge in [-0.15, -0.1) is 0 Å². The van der Waals surface area contributed by atoms with Gasteiger partial charge in [0.05, 0.1) is 0 Å². The summed E-state index contributed by atoms with van der Waals surface area (Å²) in [6.45, 7) is 10.0. The molecule has 142 valence electrons. The molecule has 1 aromatic carbocycles. The van der Waals surface area contributed by atoms with E-state index in [1.165, 1.54) is 0 Å². The summed E-state index contributed by atoms with van der Waals surface area (Å²) in [4.78, 5) is 40.1. The fraction of sp³-hybridized carbons (Fsp3) is 0.550. The first-order valence-corrected chi connectivity index (χ1v) is 9.19. The first kappa shape index (κ1) is 19.9. The third-order valence-electron chi connectivity index (χ3n) is 4.76. The Morgan fingerprint density at radius 1 is 1.00 bits per heavy atom. The summed E-state index contributed by atoms with van der Waals surface area (Å²) in [6.07, 6.45) is 0.361. The fourth-order valence-corrected chi connectivity index (χ4v) is 3.01. The minimum atomic E-state index is -0.304. The van der Waals surface area contributed by atoms with E-state index in [-0.39, 0.29) is 24.1 Å². The van der Waals surface area contributed by atoms with Crippen LogP contribution in [0.15, 0.2) is 18.2 Å². The van der Waals surface area contributed by atoms with Gasteiger partial charge in [-0.05, 0) is 37.0 Å². The zero-order chi connectivity index (χ0) is 19.3. The molecule has 1 aliphatic heterocycles. The van der Waals surface area contributed by atoms with E-state index in [1.54, 1.807) is 9.80 Å². The van der Waals surface area contributed by atoms with Crippen LogP contribution in [0.25, 0.3) is 0 Å². The molecule has 0 aromatic heterocycles. The van der Waals surface area contributed by atoms with E-state index < -0.39 is 0 Å². The highest BCUT2D eigenvalue weighted by Gasteiger charge is 2.25. The number of carbonyl (C=O) groups excluding carboxylic acids is 3. The second kappa shape index (κ2) is 8.83. The maximum absolute atomic E-state index is 12.4. The molecule has 2 rings (SSSR count). The Morgan fingerprint density at radius 3 is 2.15 bits per heavy atom. The number of benzene rings is 1. The van der Waals surface area contributed by atoms with Crippen LogP contribution in [0.5, 0.6) is 0 Å². The quantitative estimate of drug-likeness (QED) is 0.821. The van der Waals surface area contributed by atoms with Crippen molar-refractivity contribution in [2.24, 2.45) is 5.92 Å². The molecule has 1 aromatic rings. The summed E-state index contributed by atoms with van der Waals surface area (Å²) in [6, 6.07) is 5.70. The second-order valence-electron chi connectivity index (χ2n) is 7.33. The minimum absolute atomic E-state index is 0.139. The number of hydrogen-bond acceptors (Lipinski definition) is 3. The molecule has 1 saturated heterocycles. The Kier molecular flexibility index (Phi) is 6.77. The molecule has 0 bridgehead atoms. The van der Waals surface area contributed by atoms with Crippen LogP contribution in [0.3, 0.4) is 0 Å².